The number of benzene rings is 2. The van der Waals surface area contributed by atoms with Gasteiger partial charge in [-0.1, -0.05) is 0 Å². The summed E-state index contributed by atoms with van der Waals surface area (Å²) in [5.74, 6) is 1.92. The first-order valence-corrected chi connectivity index (χ1v) is 10.7. The maximum Gasteiger partial charge on any atom is 0.373 e. The van der Waals surface area contributed by atoms with Gasteiger partial charge in [-0.15, -0.1) is 0 Å². The molecule has 2 aromatic carbocycles. The van der Waals surface area contributed by atoms with E-state index in [1.807, 2.05) is 0 Å². The molecule has 0 saturated carbocycles. The summed E-state index contributed by atoms with van der Waals surface area (Å²) in [5, 5.41) is 11.1. The van der Waals surface area contributed by atoms with Crippen LogP contribution in [0.3, 0.4) is 0 Å². The van der Waals surface area contributed by atoms with Crippen LogP contribution in [0.1, 0.15) is 0 Å². The number of H-pyrrole nitrogens is 1. The first kappa shape index (κ1) is 21.5. The molecule has 1 heterocycles. The molecule has 0 aliphatic heterocycles. The molecule has 2 N–H and O–H groups in total. The zero-order valence-electron chi connectivity index (χ0n) is 17.1. The minimum Gasteiger partial charge on any atom is -0.497 e. The average Bonchev–Trinajstić information content (AvgIpc) is 3.20. The number of hydrogen-bond acceptors (Lipinski definition) is 8. The first-order valence-electron chi connectivity index (χ1n) is 8.70. The highest BCUT2D eigenvalue weighted by Gasteiger charge is 2.23. The second kappa shape index (κ2) is 8.64. The highest BCUT2D eigenvalue weighted by molar-refractivity contribution is 7.52. The maximum absolute atomic E-state index is 11.9. The standard InChI is InChI=1S/C19H22N3O7P/c1-25-12-6-7-13(14(10-12)29-30(5,23)24)18-17(20-22-21-18)11-8-15(26-2)19(28-4)16(9-11)27-3/h6-10H,1-5H3,(H,23,24)(H,20,21,22). The van der Waals surface area contributed by atoms with E-state index in [4.69, 9.17) is 23.5 Å². The van der Waals surface area contributed by atoms with Crippen LogP contribution in [0.4, 0.5) is 0 Å². The van der Waals surface area contributed by atoms with Crippen LogP contribution in [-0.4, -0.2) is 55.4 Å². The van der Waals surface area contributed by atoms with E-state index in [1.54, 1.807) is 24.3 Å². The smallest absolute Gasteiger partial charge is 0.373 e. The number of hydrogen-bond donors (Lipinski definition) is 2. The zero-order chi connectivity index (χ0) is 21.9. The molecule has 3 rings (SSSR count). The Bertz CT molecular complexity index is 1070. The van der Waals surface area contributed by atoms with Gasteiger partial charge in [0.05, 0.1) is 28.4 Å². The summed E-state index contributed by atoms with van der Waals surface area (Å²) in [7, 11) is 2.19. The lowest BCUT2D eigenvalue weighted by atomic mass is 10.0. The molecule has 10 nitrogen and oxygen atoms in total. The summed E-state index contributed by atoms with van der Waals surface area (Å²) in [6, 6.07) is 8.32. The van der Waals surface area contributed by atoms with Crippen LogP contribution < -0.4 is 23.5 Å². The molecular formula is C19H22N3O7P. The van der Waals surface area contributed by atoms with Crippen LogP contribution in [0.25, 0.3) is 22.5 Å². The van der Waals surface area contributed by atoms with Gasteiger partial charge >= 0.3 is 7.60 Å². The summed E-state index contributed by atoms with van der Waals surface area (Å²) >= 11 is 0. The van der Waals surface area contributed by atoms with E-state index in [1.165, 1.54) is 34.5 Å². The van der Waals surface area contributed by atoms with Crippen molar-refractivity contribution >= 4 is 7.60 Å². The van der Waals surface area contributed by atoms with Crippen molar-refractivity contribution in [1.82, 2.24) is 15.4 Å². The lowest BCUT2D eigenvalue weighted by Crippen LogP contribution is -1.97. The molecular weight excluding hydrogens is 413 g/mol. The highest BCUT2D eigenvalue weighted by Crippen LogP contribution is 2.46. The van der Waals surface area contributed by atoms with E-state index < -0.39 is 7.60 Å². The molecule has 0 aliphatic carbocycles. The van der Waals surface area contributed by atoms with Crippen molar-refractivity contribution in [2.75, 3.05) is 35.1 Å². The van der Waals surface area contributed by atoms with E-state index in [0.29, 0.717) is 45.5 Å². The van der Waals surface area contributed by atoms with E-state index in [-0.39, 0.29) is 5.75 Å². The highest BCUT2D eigenvalue weighted by atomic mass is 31.2. The Balaban J connectivity index is 2.18. The Kier molecular flexibility index (Phi) is 6.19. The van der Waals surface area contributed by atoms with E-state index >= 15 is 0 Å². The maximum atomic E-state index is 11.9. The van der Waals surface area contributed by atoms with Gasteiger partial charge in [0, 0.05) is 23.9 Å². The van der Waals surface area contributed by atoms with Crippen molar-refractivity contribution in [2.45, 2.75) is 0 Å². The lowest BCUT2D eigenvalue weighted by molar-refractivity contribution is 0.324. The molecule has 0 saturated heterocycles. The molecule has 11 heteroatoms. The normalized spacial score (nSPS) is 12.7. The number of nitrogens with zero attached hydrogens (tertiary/aromatic N) is 2. The van der Waals surface area contributed by atoms with Crippen molar-refractivity contribution in [2.24, 2.45) is 0 Å². The molecule has 0 radical (unpaired) electrons. The predicted molar refractivity (Wildman–Crippen MR) is 110 cm³/mol. The second-order valence-electron chi connectivity index (χ2n) is 6.19. The molecule has 0 amide bonds. The Labute approximate surface area is 173 Å². The molecule has 160 valence electrons. The van der Waals surface area contributed by atoms with Gasteiger partial charge in [0.25, 0.3) is 0 Å². The molecule has 0 aliphatic rings. The first-order chi connectivity index (χ1) is 14.3. The van der Waals surface area contributed by atoms with E-state index in [9.17, 15) is 9.46 Å². The van der Waals surface area contributed by atoms with Crippen LogP contribution in [0.15, 0.2) is 30.3 Å². The third-order valence-electron chi connectivity index (χ3n) is 4.20. The topological polar surface area (TPSA) is 125 Å². The molecule has 30 heavy (non-hydrogen) atoms. The number of nitrogens with one attached hydrogen (secondary N) is 1. The van der Waals surface area contributed by atoms with Gasteiger partial charge in [-0.2, -0.15) is 15.4 Å². The summed E-state index contributed by atoms with van der Waals surface area (Å²) in [4.78, 5) is 9.74. The minimum atomic E-state index is -3.84. The van der Waals surface area contributed by atoms with Gasteiger partial charge in [0.15, 0.2) is 11.5 Å². The van der Waals surface area contributed by atoms with Gasteiger partial charge in [-0.3, -0.25) is 0 Å². The summed E-state index contributed by atoms with van der Waals surface area (Å²) < 4.78 is 38.6. The monoisotopic (exact) mass is 435 g/mol. The SMILES string of the molecule is COc1ccc(-c2n[nH]nc2-c2cc(OC)c(OC)c(OC)c2)c(OP(C)(=O)O)c1. The Hall–Kier alpha value is -3.23. The van der Waals surface area contributed by atoms with Crippen LogP contribution in [0, 0.1) is 0 Å². The molecule has 0 spiro atoms. The fraction of sp³-hybridized carbons (Fsp3) is 0.263. The van der Waals surface area contributed by atoms with Crippen molar-refractivity contribution in [1.29, 1.82) is 0 Å². The summed E-state index contributed by atoms with van der Waals surface area (Å²) in [5.41, 5.74) is 1.92. The fourth-order valence-electron chi connectivity index (χ4n) is 2.92. The molecule has 1 atom stereocenters. The van der Waals surface area contributed by atoms with Crippen LogP contribution in [0.5, 0.6) is 28.7 Å². The number of aromatic amines is 1. The lowest BCUT2D eigenvalue weighted by Gasteiger charge is -2.15. The number of rotatable bonds is 8. The summed E-state index contributed by atoms with van der Waals surface area (Å²) in [6.07, 6.45) is 0. The number of methoxy groups -OCH3 is 4. The Morgan fingerprint density at radius 2 is 1.50 bits per heavy atom. The molecule has 1 aromatic heterocycles. The van der Waals surface area contributed by atoms with Gasteiger partial charge in [-0.05, 0) is 24.3 Å². The van der Waals surface area contributed by atoms with Crippen molar-refractivity contribution in [3.63, 3.8) is 0 Å². The fourth-order valence-corrected chi connectivity index (χ4v) is 3.44. The Morgan fingerprint density at radius 3 is 2.03 bits per heavy atom. The predicted octanol–water partition coefficient (Wildman–Crippen LogP) is 3.37. The van der Waals surface area contributed by atoms with E-state index in [0.717, 1.165) is 6.66 Å². The van der Waals surface area contributed by atoms with Gasteiger partial charge in [0.1, 0.15) is 22.9 Å². The number of aromatic nitrogens is 3. The second-order valence-corrected chi connectivity index (χ2v) is 7.98. The zero-order valence-corrected chi connectivity index (χ0v) is 18.0. The van der Waals surface area contributed by atoms with E-state index in [2.05, 4.69) is 15.4 Å². The average molecular weight is 435 g/mol. The third-order valence-corrected chi connectivity index (χ3v) is 4.73. The van der Waals surface area contributed by atoms with Crippen LogP contribution >= 0.6 is 7.60 Å². The molecule has 1 unspecified atom stereocenters. The molecule has 0 bridgehead atoms. The largest absolute Gasteiger partial charge is 0.497 e. The quantitative estimate of drug-likeness (QED) is 0.512. The van der Waals surface area contributed by atoms with Crippen LogP contribution in [-0.2, 0) is 4.57 Å². The van der Waals surface area contributed by atoms with Gasteiger partial charge in [-0.25, -0.2) is 4.57 Å². The number of ether oxygens (including phenoxy) is 4. The minimum absolute atomic E-state index is 0.130. The van der Waals surface area contributed by atoms with Crippen molar-refractivity contribution in [3.8, 4) is 51.3 Å². The summed E-state index contributed by atoms with van der Waals surface area (Å²) in [6.45, 7) is 1.10. The van der Waals surface area contributed by atoms with Gasteiger partial charge in [0.2, 0.25) is 5.75 Å². The third kappa shape index (κ3) is 4.34. The van der Waals surface area contributed by atoms with Crippen LogP contribution in [0.2, 0.25) is 0 Å². The molecule has 0 fully saturated rings. The Morgan fingerprint density at radius 1 is 0.867 bits per heavy atom. The molecule has 3 aromatic rings. The van der Waals surface area contributed by atoms with Crippen molar-refractivity contribution in [3.05, 3.63) is 30.3 Å². The van der Waals surface area contributed by atoms with Gasteiger partial charge < -0.3 is 28.4 Å². The van der Waals surface area contributed by atoms with Crippen molar-refractivity contribution < 1.29 is 32.9 Å².